The third-order valence-electron chi connectivity index (χ3n) is 2.75. The van der Waals surface area contributed by atoms with Crippen LogP contribution in [0.25, 0.3) is 0 Å². The van der Waals surface area contributed by atoms with Crippen LogP contribution in [0.3, 0.4) is 0 Å². The van der Waals surface area contributed by atoms with Crippen LogP contribution in [0.5, 0.6) is 17.2 Å². The number of phenols is 2. The van der Waals surface area contributed by atoms with Crippen molar-refractivity contribution in [3.8, 4) is 17.2 Å². The number of ether oxygens (including phenoxy) is 1. The van der Waals surface area contributed by atoms with Crippen LogP contribution in [0.2, 0.25) is 0 Å². The van der Waals surface area contributed by atoms with Crippen molar-refractivity contribution in [1.82, 2.24) is 5.43 Å². The van der Waals surface area contributed by atoms with Crippen molar-refractivity contribution in [3.63, 3.8) is 0 Å². The summed E-state index contributed by atoms with van der Waals surface area (Å²) in [7, 11) is 1.51. The van der Waals surface area contributed by atoms with E-state index in [1.54, 1.807) is 24.3 Å². The molecule has 0 saturated heterocycles. The van der Waals surface area contributed by atoms with Gasteiger partial charge in [0.2, 0.25) is 0 Å². The van der Waals surface area contributed by atoms with Gasteiger partial charge in [-0.05, 0) is 30.3 Å². The van der Waals surface area contributed by atoms with Crippen LogP contribution in [0.15, 0.2) is 47.6 Å². The van der Waals surface area contributed by atoms with Gasteiger partial charge in [-0.1, -0.05) is 12.1 Å². The van der Waals surface area contributed by atoms with Crippen molar-refractivity contribution in [1.29, 1.82) is 0 Å². The summed E-state index contributed by atoms with van der Waals surface area (Å²) in [6.07, 6.45) is 1.29. The molecule has 0 aromatic heterocycles. The minimum Gasteiger partial charge on any atom is -0.507 e. The van der Waals surface area contributed by atoms with Gasteiger partial charge in [-0.3, -0.25) is 4.79 Å². The molecule has 2 rings (SSSR count). The number of nitrogens with zero attached hydrogens (tertiary/aromatic N) is 1. The molecule has 2 aromatic rings. The van der Waals surface area contributed by atoms with E-state index in [-0.39, 0.29) is 17.1 Å². The molecule has 0 radical (unpaired) electrons. The lowest BCUT2D eigenvalue weighted by atomic mass is 10.2. The number of methoxy groups -OCH3 is 1. The molecule has 21 heavy (non-hydrogen) atoms. The number of hydrogen-bond donors (Lipinski definition) is 3. The van der Waals surface area contributed by atoms with E-state index in [1.807, 2.05) is 0 Å². The zero-order valence-corrected chi connectivity index (χ0v) is 11.3. The maximum absolute atomic E-state index is 11.8. The molecular weight excluding hydrogens is 272 g/mol. The van der Waals surface area contributed by atoms with Gasteiger partial charge in [-0.15, -0.1) is 0 Å². The van der Waals surface area contributed by atoms with Crippen LogP contribution in [0.1, 0.15) is 15.9 Å². The molecule has 0 saturated carbocycles. The number of phenolic OH excluding ortho intramolecular Hbond substituents is 2. The second-order valence-electron chi connectivity index (χ2n) is 4.14. The summed E-state index contributed by atoms with van der Waals surface area (Å²) in [5.41, 5.74) is 2.78. The van der Waals surface area contributed by atoms with Gasteiger partial charge in [-0.25, -0.2) is 5.43 Å². The van der Waals surface area contributed by atoms with Gasteiger partial charge in [0.1, 0.15) is 17.2 Å². The maximum Gasteiger partial charge on any atom is 0.275 e. The Hall–Kier alpha value is -3.02. The van der Waals surface area contributed by atoms with Crippen molar-refractivity contribution in [3.05, 3.63) is 53.6 Å². The highest BCUT2D eigenvalue weighted by molar-refractivity contribution is 5.97. The maximum atomic E-state index is 11.8. The monoisotopic (exact) mass is 286 g/mol. The number of rotatable bonds is 4. The summed E-state index contributed by atoms with van der Waals surface area (Å²) in [5, 5.41) is 22.9. The molecule has 0 aliphatic carbocycles. The van der Waals surface area contributed by atoms with Crippen LogP contribution in [-0.4, -0.2) is 29.4 Å². The number of carbonyl (C=O) groups excluding carboxylic acids is 1. The highest BCUT2D eigenvalue weighted by Crippen LogP contribution is 2.21. The Labute approximate surface area is 121 Å². The molecule has 0 heterocycles. The van der Waals surface area contributed by atoms with Crippen molar-refractivity contribution in [2.75, 3.05) is 7.11 Å². The average Bonchev–Trinajstić information content (AvgIpc) is 2.49. The molecular formula is C15H14N2O4. The minimum absolute atomic E-state index is 0.0105. The van der Waals surface area contributed by atoms with E-state index in [4.69, 9.17) is 4.74 Å². The topological polar surface area (TPSA) is 91.2 Å². The normalized spacial score (nSPS) is 10.5. The number of nitrogens with one attached hydrogen (secondary N) is 1. The molecule has 0 atom stereocenters. The Morgan fingerprint density at radius 1 is 1.19 bits per heavy atom. The Bertz CT molecular complexity index is 683. The summed E-state index contributed by atoms with van der Waals surface area (Å²) in [5.74, 6) is -0.112. The molecule has 0 fully saturated rings. The molecule has 2 aromatic carbocycles. The first-order valence-electron chi connectivity index (χ1n) is 6.10. The second kappa shape index (κ2) is 6.42. The minimum atomic E-state index is -0.549. The standard InChI is InChI=1S/C15H14N2O4/c1-21-11-6-7-13(18)10(8-11)9-16-17-15(20)12-4-2-3-5-14(12)19/h2-9,18-19H,1H3,(H,17,20)/b16-9-. The Balaban J connectivity index is 2.09. The third kappa shape index (κ3) is 3.50. The zero-order chi connectivity index (χ0) is 15.2. The number of hydrogen-bond acceptors (Lipinski definition) is 5. The van der Waals surface area contributed by atoms with Crippen LogP contribution in [-0.2, 0) is 0 Å². The van der Waals surface area contributed by atoms with Gasteiger partial charge >= 0.3 is 0 Å². The van der Waals surface area contributed by atoms with Crippen LogP contribution < -0.4 is 10.2 Å². The van der Waals surface area contributed by atoms with Gasteiger partial charge in [0, 0.05) is 5.56 Å². The quantitative estimate of drug-likeness (QED) is 0.591. The van der Waals surface area contributed by atoms with Gasteiger partial charge in [-0.2, -0.15) is 5.10 Å². The molecule has 108 valence electrons. The van der Waals surface area contributed by atoms with Crippen LogP contribution in [0.4, 0.5) is 0 Å². The number of hydrazone groups is 1. The van der Waals surface area contributed by atoms with Crippen molar-refractivity contribution in [2.45, 2.75) is 0 Å². The summed E-state index contributed by atoms with van der Waals surface area (Å²) >= 11 is 0. The SMILES string of the molecule is COc1ccc(O)c(/C=N\NC(=O)c2ccccc2O)c1. The average molecular weight is 286 g/mol. The predicted molar refractivity (Wildman–Crippen MR) is 77.8 cm³/mol. The number of amides is 1. The predicted octanol–water partition coefficient (Wildman–Crippen LogP) is 1.87. The van der Waals surface area contributed by atoms with Gasteiger partial charge < -0.3 is 14.9 Å². The number of aromatic hydroxyl groups is 2. The third-order valence-corrected chi connectivity index (χ3v) is 2.75. The van der Waals surface area contributed by atoms with Crippen molar-refractivity contribution < 1.29 is 19.7 Å². The van der Waals surface area contributed by atoms with Gasteiger partial charge in [0.25, 0.3) is 5.91 Å². The highest BCUT2D eigenvalue weighted by Gasteiger charge is 2.08. The number of carbonyl (C=O) groups is 1. The zero-order valence-electron chi connectivity index (χ0n) is 11.3. The van der Waals surface area contributed by atoms with E-state index in [0.717, 1.165) is 0 Å². The fraction of sp³-hybridized carbons (Fsp3) is 0.0667. The summed E-state index contributed by atoms with van der Waals surface area (Å²) in [6.45, 7) is 0. The smallest absolute Gasteiger partial charge is 0.275 e. The molecule has 1 amide bonds. The summed E-state index contributed by atoms with van der Waals surface area (Å²) in [6, 6.07) is 10.8. The molecule has 3 N–H and O–H groups in total. The molecule has 6 heteroatoms. The van der Waals surface area contributed by atoms with E-state index < -0.39 is 5.91 Å². The molecule has 0 aliphatic rings. The number of para-hydroxylation sites is 1. The Morgan fingerprint density at radius 3 is 2.67 bits per heavy atom. The summed E-state index contributed by atoms with van der Waals surface area (Å²) in [4.78, 5) is 11.8. The second-order valence-corrected chi connectivity index (χ2v) is 4.14. The van der Waals surface area contributed by atoms with E-state index >= 15 is 0 Å². The van der Waals surface area contributed by atoms with E-state index in [2.05, 4.69) is 10.5 Å². The van der Waals surface area contributed by atoms with Crippen molar-refractivity contribution in [2.24, 2.45) is 5.10 Å². The van der Waals surface area contributed by atoms with E-state index in [9.17, 15) is 15.0 Å². The fourth-order valence-electron chi connectivity index (χ4n) is 1.65. The first-order valence-corrected chi connectivity index (χ1v) is 6.10. The first kappa shape index (κ1) is 14.4. The molecule has 6 nitrogen and oxygen atoms in total. The van der Waals surface area contributed by atoms with Crippen molar-refractivity contribution >= 4 is 12.1 Å². The molecule has 0 bridgehead atoms. The molecule has 0 unspecified atom stereocenters. The van der Waals surface area contributed by atoms with E-state index in [0.29, 0.717) is 11.3 Å². The lowest BCUT2D eigenvalue weighted by Gasteiger charge is -2.04. The fourth-order valence-corrected chi connectivity index (χ4v) is 1.65. The largest absolute Gasteiger partial charge is 0.507 e. The lowest BCUT2D eigenvalue weighted by Crippen LogP contribution is -2.17. The Morgan fingerprint density at radius 2 is 1.95 bits per heavy atom. The molecule has 0 spiro atoms. The number of benzene rings is 2. The summed E-state index contributed by atoms with van der Waals surface area (Å²) < 4.78 is 5.03. The van der Waals surface area contributed by atoms with Gasteiger partial charge in [0.15, 0.2) is 0 Å². The van der Waals surface area contributed by atoms with Crippen LogP contribution in [0, 0.1) is 0 Å². The lowest BCUT2D eigenvalue weighted by molar-refractivity contribution is 0.0952. The van der Waals surface area contributed by atoms with Crippen LogP contribution >= 0.6 is 0 Å². The first-order chi connectivity index (χ1) is 10.1. The van der Waals surface area contributed by atoms with Gasteiger partial charge in [0.05, 0.1) is 18.9 Å². The highest BCUT2D eigenvalue weighted by atomic mass is 16.5. The Kier molecular flexibility index (Phi) is 4.40. The van der Waals surface area contributed by atoms with E-state index in [1.165, 1.54) is 31.5 Å². The molecule has 0 aliphatic heterocycles.